The number of hydrogen-bond donors (Lipinski definition) is 1. The molecule has 1 aliphatic rings. The number of rotatable bonds is 3. The zero-order chi connectivity index (χ0) is 14.8. The van der Waals surface area contributed by atoms with Gasteiger partial charge < -0.3 is 15.2 Å². The van der Waals surface area contributed by atoms with Crippen molar-refractivity contribution >= 4 is 11.6 Å². The standard InChI is InChI=1S/C16H15ClFNO2/c17-13-9-12(18)3-1-10(13)7-14(19)11-2-4-15-16(8-11)21-6-5-20-15/h1-4,8-9,14H,5-7,19H2. The second-order valence-electron chi connectivity index (χ2n) is 4.95. The summed E-state index contributed by atoms with van der Waals surface area (Å²) in [4.78, 5) is 0. The lowest BCUT2D eigenvalue weighted by Crippen LogP contribution is -2.17. The molecule has 2 N–H and O–H groups in total. The molecule has 1 unspecified atom stereocenters. The maximum absolute atomic E-state index is 13.1. The Hall–Kier alpha value is -1.78. The minimum atomic E-state index is -0.350. The fourth-order valence-corrected chi connectivity index (χ4v) is 2.58. The second-order valence-corrected chi connectivity index (χ2v) is 5.36. The fraction of sp³-hybridized carbons (Fsp3) is 0.250. The molecule has 21 heavy (non-hydrogen) atoms. The van der Waals surface area contributed by atoms with Crippen molar-refractivity contribution in [2.45, 2.75) is 12.5 Å². The molecule has 0 aliphatic carbocycles. The van der Waals surface area contributed by atoms with Crippen LogP contribution >= 0.6 is 11.6 Å². The molecule has 1 atom stereocenters. The minimum absolute atomic E-state index is 0.246. The Balaban J connectivity index is 1.80. The van der Waals surface area contributed by atoms with Crippen molar-refractivity contribution in [3.05, 3.63) is 58.4 Å². The van der Waals surface area contributed by atoms with E-state index in [4.69, 9.17) is 26.8 Å². The highest BCUT2D eigenvalue weighted by molar-refractivity contribution is 6.31. The minimum Gasteiger partial charge on any atom is -0.486 e. The maximum atomic E-state index is 13.1. The molecule has 0 radical (unpaired) electrons. The van der Waals surface area contributed by atoms with Gasteiger partial charge >= 0.3 is 0 Å². The van der Waals surface area contributed by atoms with Crippen molar-refractivity contribution in [1.82, 2.24) is 0 Å². The van der Waals surface area contributed by atoms with Gasteiger partial charge in [0.15, 0.2) is 11.5 Å². The summed E-state index contributed by atoms with van der Waals surface area (Å²) >= 11 is 6.04. The Bertz CT molecular complexity index is 663. The zero-order valence-electron chi connectivity index (χ0n) is 11.3. The normalized spacial score (nSPS) is 14.8. The van der Waals surface area contributed by atoms with Gasteiger partial charge in [-0.25, -0.2) is 4.39 Å². The van der Waals surface area contributed by atoms with Gasteiger partial charge in [0.2, 0.25) is 0 Å². The van der Waals surface area contributed by atoms with E-state index < -0.39 is 0 Å². The van der Waals surface area contributed by atoms with Gasteiger partial charge in [-0.1, -0.05) is 23.7 Å². The molecular formula is C16H15ClFNO2. The number of benzene rings is 2. The predicted molar refractivity (Wildman–Crippen MR) is 79.5 cm³/mol. The average Bonchev–Trinajstić information content (AvgIpc) is 2.49. The van der Waals surface area contributed by atoms with Crippen LogP contribution in [0.5, 0.6) is 11.5 Å². The first-order chi connectivity index (χ1) is 10.1. The molecule has 0 amide bonds. The van der Waals surface area contributed by atoms with E-state index in [1.165, 1.54) is 12.1 Å². The van der Waals surface area contributed by atoms with E-state index in [9.17, 15) is 4.39 Å². The Labute approximate surface area is 127 Å². The molecular weight excluding hydrogens is 293 g/mol. The lowest BCUT2D eigenvalue weighted by atomic mass is 9.99. The molecule has 5 heteroatoms. The third-order valence-electron chi connectivity index (χ3n) is 3.45. The highest BCUT2D eigenvalue weighted by Gasteiger charge is 2.16. The first-order valence-electron chi connectivity index (χ1n) is 6.72. The van der Waals surface area contributed by atoms with Crippen LogP contribution in [-0.4, -0.2) is 13.2 Å². The molecule has 110 valence electrons. The van der Waals surface area contributed by atoms with Crippen molar-refractivity contribution in [2.24, 2.45) is 5.73 Å². The van der Waals surface area contributed by atoms with Crippen LogP contribution in [0.1, 0.15) is 17.2 Å². The number of halogens is 2. The first-order valence-corrected chi connectivity index (χ1v) is 7.10. The Morgan fingerprint density at radius 2 is 1.86 bits per heavy atom. The molecule has 2 aromatic carbocycles. The van der Waals surface area contributed by atoms with Gasteiger partial charge in [0.05, 0.1) is 0 Å². The topological polar surface area (TPSA) is 44.5 Å². The number of nitrogens with two attached hydrogens (primary N) is 1. The molecule has 3 nitrogen and oxygen atoms in total. The number of ether oxygens (including phenoxy) is 2. The van der Waals surface area contributed by atoms with E-state index in [-0.39, 0.29) is 11.9 Å². The summed E-state index contributed by atoms with van der Waals surface area (Å²) in [6, 6.07) is 9.76. The lowest BCUT2D eigenvalue weighted by molar-refractivity contribution is 0.171. The second kappa shape index (κ2) is 5.92. The van der Waals surface area contributed by atoms with Crippen molar-refractivity contribution in [3.8, 4) is 11.5 Å². The monoisotopic (exact) mass is 307 g/mol. The summed E-state index contributed by atoms with van der Waals surface area (Å²) in [5.41, 5.74) is 7.97. The average molecular weight is 308 g/mol. The Kier molecular flexibility index (Phi) is 3.99. The van der Waals surface area contributed by atoms with E-state index in [0.717, 1.165) is 16.9 Å². The molecule has 0 saturated heterocycles. The van der Waals surface area contributed by atoms with Crippen LogP contribution in [0, 0.1) is 5.82 Å². The van der Waals surface area contributed by atoms with Gasteiger partial charge in [0.25, 0.3) is 0 Å². The quantitative estimate of drug-likeness (QED) is 0.944. The molecule has 0 spiro atoms. The zero-order valence-corrected chi connectivity index (χ0v) is 12.1. The Morgan fingerprint density at radius 1 is 1.10 bits per heavy atom. The first kappa shape index (κ1) is 14.2. The van der Waals surface area contributed by atoms with Crippen molar-refractivity contribution in [2.75, 3.05) is 13.2 Å². The SMILES string of the molecule is NC(Cc1ccc(F)cc1Cl)c1ccc2c(c1)OCCO2. The third kappa shape index (κ3) is 3.12. The van der Waals surface area contributed by atoms with Gasteiger partial charge in [-0.3, -0.25) is 0 Å². The van der Waals surface area contributed by atoms with Crippen LogP contribution in [0.25, 0.3) is 0 Å². The summed E-state index contributed by atoms with van der Waals surface area (Å²) in [5.74, 6) is 1.09. The predicted octanol–water partition coefficient (Wildman–Crippen LogP) is 3.49. The largest absolute Gasteiger partial charge is 0.486 e. The van der Waals surface area contributed by atoms with Crippen LogP contribution in [0.3, 0.4) is 0 Å². The fourth-order valence-electron chi connectivity index (χ4n) is 2.33. The Morgan fingerprint density at radius 3 is 2.62 bits per heavy atom. The van der Waals surface area contributed by atoms with E-state index in [2.05, 4.69) is 0 Å². The molecule has 1 aliphatic heterocycles. The van der Waals surface area contributed by atoms with Crippen molar-refractivity contribution < 1.29 is 13.9 Å². The third-order valence-corrected chi connectivity index (χ3v) is 3.80. The number of hydrogen-bond acceptors (Lipinski definition) is 3. The molecule has 0 saturated carbocycles. The summed E-state index contributed by atoms with van der Waals surface area (Å²) in [7, 11) is 0. The van der Waals surface area contributed by atoms with Gasteiger partial charge in [-0.05, 0) is 41.8 Å². The van der Waals surface area contributed by atoms with Crippen LogP contribution in [-0.2, 0) is 6.42 Å². The van der Waals surface area contributed by atoms with Gasteiger partial charge in [-0.15, -0.1) is 0 Å². The van der Waals surface area contributed by atoms with Gasteiger partial charge in [-0.2, -0.15) is 0 Å². The van der Waals surface area contributed by atoms with E-state index in [1.807, 2.05) is 18.2 Å². The van der Waals surface area contributed by atoms with Crippen molar-refractivity contribution in [1.29, 1.82) is 0 Å². The van der Waals surface area contributed by atoms with Crippen LogP contribution < -0.4 is 15.2 Å². The molecule has 0 bridgehead atoms. The van der Waals surface area contributed by atoms with E-state index >= 15 is 0 Å². The molecule has 0 fully saturated rings. The van der Waals surface area contributed by atoms with Crippen LogP contribution in [0.2, 0.25) is 5.02 Å². The highest BCUT2D eigenvalue weighted by Crippen LogP contribution is 2.33. The molecule has 1 heterocycles. The summed E-state index contributed by atoms with van der Waals surface area (Å²) < 4.78 is 24.1. The summed E-state index contributed by atoms with van der Waals surface area (Å²) in [6.45, 7) is 1.10. The van der Waals surface area contributed by atoms with Gasteiger partial charge in [0.1, 0.15) is 19.0 Å². The van der Waals surface area contributed by atoms with E-state index in [0.29, 0.717) is 30.4 Å². The van der Waals surface area contributed by atoms with E-state index in [1.54, 1.807) is 6.07 Å². The summed E-state index contributed by atoms with van der Waals surface area (Å²) in [6.07, 6.45) is 0.527. The molecule has 0 aromatic heterocycles. The smallest absolute Gasteiger partial charge is 0.161 e. The lowest BCUT2D eigenvalue weighted by Gasteiger charge is -2.20. The van der Waals surface area contributed by atoms with Gasteiger partial charge in [0, 0.05) is 11.1 Å². The van der Waals surface area contributed by atoms with Crippen LogP contribution in [0.15, 0.2) is 36.4 Å². The highest BCUT2D eigenvalue weighted by atomic mass is 35.5. The molecule has 2 aromatic rings. The summed E-state index contributed by atoms with van der Waals surface area (Å²) in [5, 5.41) is 0.392. The van der Waals surface area contributed by atoms with Crippen molar-refractivity contribution in [3.63, 3.8) is 0 Å². The van der Waals surface area contributed by atoms with Crippen LogP contribution in [0.4, 0.5) is 4.39 Å². The maximum Gasteiger partial charge on any atom is 0.161 e. The number of fused-ring (bicyclic) bond motifs is 1. The molecule has 3 rings (SSSR count).